The van der Waals surface area contributed by atoms with E-state index in [0.717, 1.165) is 37.9 Å². The number of rotatable bonds is 4. The molecule has 4 rings (SSSR count). The Morgan fingerprint density at radius 2 is 2.07 bits per heavy atom. The van der Waals surface area contributed by atoms with Gasteiger partial charge in [0.2, 0.25) is 0 Å². The second-order valence-electron chi connectivity index (χ2n) is 7.39. The number of amides is 1. The lowest BCUT2D eigenvalue weighted by Crippen LogP contribution is -2.47. The molecule has 27 heavy (non-hydrogen) atoms. The van der Waals surface area contributed by atoms with Gasteiger partial charge in [-0.3, -0.25) is 14.4 Å². The molecule has 1 saturated heterocycles. The van der Waals surface area contributed by atoms with E-state index in [0.29, 0.717) is 19.7 Å². The van der Waals surface area contributed by atoms with Crippen molar-refractivity contribution in [2.75, 3.05) is 26.2 Å². The quantitative estimate of drug-likeness (QED) is 0.772. The van der Waals surface area contributed by atoms with Crippen LogP contribution in [0.2, 0.25) is 0 Å². The van der Waals surface area contributed by atoms with Crippen LogP contribution in [0, 0.1) is 0 Å². The third kappa shape index (κ3) is 5.57. The smallest absolute Gasteiger partial charge is 0.250 e. The predicted molar refractivity (Wildman–Crippen MR) is 108 cm³/mol. The van der Waals surface area contributed by atoms with Crippen LogP contribution in [0.1, 0.15) is 43.5 Å². The van der Waals surface area contributed by atoms with Crippen LogP contribution in [0.15, 0.2) is 6.07 Å². The Morgan fingerprint density at radius 3 is 2.81 bits per heavy atom. The molecule has 1 aromatic rings. The highest BCUT2D eigenvalue weighted by Crippen LogP contribution is 2.26. The maximum absolute atomic E-state index is 12.2. The standard InChI is InChI=1S/C18H29N5O2.2ClH/c24-18(17-12-19-6-9-25-17)20-11-14-10-16-13-22(7-8-23(16)21-14)15-4-2-1-3-5-15;;/h10,15,17,19H,1-9,11-13H2,(H,20,24);2*1H. The number of carbonyl (C=O) groups excluding carboxylic acids is 1. The number of fused-ring (bicyclic) bond motifs is 1. The average molecular weight is 420 g/mol. The molecular formula is C18H31Cl2N5O2. The summed E-state index contributed by atoms with van der Waals surface area (Å²) in [5.74, 6) is -0.0537. The molecule has 0 aromatic carbocycles. The van der Waals surface area contributed by atoms with Crippen LogP contribution in [-0.2, 0) is 29.2 Å². The van der Waals surface area contributed by atoms with Crippen LogP contribution in [0.3, 0.4) is 0 Å². The van der Waals surface area contributed by atoms with Crippen LogP contribution in [0.4, 0.5) is 0 Å². The van der Waals surface area contributed by atoms with Crippen molar-refractivity contribution in [1.82, 2.24) is 25.3 Å². The first-order chi connectivity index (χ1) is 12.3. The Hall–Kier alpha value is -0.860. The van der Waals surface area contributed by atoms with E-state index in [9.17, 15) is 4.79 Å². The number of halogens is 2. The third-order valence-corrected chi connectivity index (χ3v) is 5.63. The van der Waals surface area contributed by atoms with Crippen LogP contribution < -0.4 is 10.6 Å². The van der Waals surface area contributed by atoms with Crippen LogP contribution in [-0.4, -0.2) is 59.0 Å². The van der Waals surface area contributed by atoms with Crippen LogP contribution >= 0.6 is 24.8 Å². The van der Waals surface area contributed by atoms with Gasteiger partial charge in [0.1, 0.15) is 6.10 Å². The average Bonchev–Trinajstić information content (AvgIpc) is 3.09. The van der Waals surface area contributed by atoms with E-state index in [1.807, 2.05) is 0 Å². The maximum atomic E-state index is 12.2. The molecule has 1 saturated carbocycles. The number of ether oxygens (including phenoxy) is 1. The summed E-state index contributed by atoms with van der Waals surface area (Å²) in [6.45, 7) is 5.50. The van der Waals surface area contributed by atoms with Crippen LogP contribution in [0.25, 0.3) is 0 Å². The molecule has 7 nitrogen and oxygen atoms in total. The monoisotopic (exact) mass is 419 g/mol. The number of aromatic nitrogens is 2. The first kappa shape index (κ1) is 22.4. The summed E-state index contributed by atoms with van der Waals surface area (Å²) in [6, 6.07) is 2.89. The molecule has 2 N–H and O–H groups in total. The topological polar surface area (TPSA) is 71.4 Å². The minimum absolute atomic E-state index is 0. The molecule has 3 aliphatic rings. The lowest BCUT2D eigenvalue weighted by atomic mass is 9.94. The predicted octanol–water partition coefficient (Wildman–Crippen LogP) is 1.48. The molecule has 2 aliphatic heterocycles. The van der Waals surface area contributed by atoms with Crippen molar-refractivity contribution >= 4 is 30.7 Å². The van der Waals surface area contributed by atoms with Gasteiger partial charge in [-0.1, -0.05) is 19.3 Å². The van der Waals surface area contributed by atoms with Crippen LogP contribution in [0.5, 0.6) is 0 Å². The van der Waals surface area contributed by atoms with Crippen molar-refractivity contribution in [2.24, 2.45) is 0 Å². The van der Waals surface area contributed by atoms with Gasteiger partial charge >= 0.3 is 0 Å². The zero-order chi connectivity index (χ0) is 17.1. The molecule has 0 spiro atoms. The number of nitrogens with zero attached hydrogens (tertiary/aromatic N) is 3. The molecule has 2 fully saturated rings. The Balaban J connectivity index is 0.00000131. The summed E-state index contributed by atoms with van der Waals surface area (Å²) in [4.78, 5) is 14.8. The molecule has 1 amide bonds. The lowest BCUT2D eigenvalue weighted by Gasteiger charge is -2.36. The van der Waals surface area contributed by atoms with Crippen molar-refractivity contribution in [3.63, 3.8) is 0 Å². The van der Waals surface area contributed by atoms with E-state index in [1.165, 1.54) is 37.8 Å². The normalized spacial score (nSPS) is 23.6. The minimum atomic E-state index is -0.382. The Kier molecular flexibility index (Phi) is 8.82. The van der Waals surface area contributed by atoms with E-state index in [-0.39, 0.29) is 36.8 Å². The van der Waals surface area contributed by atoms with E-state index < -0.39 is 0 Å². The number of nitrogens with one attached hydrogen (secondary N) is 2. The summed E-state index contributed by atoms with van der Waals surface area (Å²) in [6.07, 6.45) is 6.43. The Labute approximate surface area is 173 Å². The summed E-state index contributed by atoms with van der Waals surface area (Å²) >= 11 is 0. The van der Waals surface area contributed by atoms with Gasteiger partial charge in [0.15, 0.2) is 0 Å². The molecule has 1 unspecified atom stereocenters. The van der Waals surface area contributed by atoms with Gasteiger partial charge in [0.25, 0.3) is 5.91 Å². The first-order valence-electron chi connectivity index (χ1n) is 9.69. The van der Waals surface area contributed by atoms with E-state index in [4.69, 9.17) is 4.74 Å². The number of hydrogen-bond donors (Lipinski definition) is 2. The molecule has 154 valence electrons. The SMILES string of the molecule is Cl.Cl.O=C(NCc1cc2n(n1)CCN(C1CCCCC1)C2)C1CNCCO1. The molecular weight excluding hydrogens is 389 g/mol. The van der Waals surface area contributed by atoms with Gasteiger partial charge in [-0.2, -0.15) is 5.10 Å². The summed E-state index contributed by atoms with van der Waals surface area (Å²) in [7, 11) is 0. The molecule has 0 bridgehead atoms. The first-order valence-corrected chi connectivity index (χ1v) is 9.69. The largest absolute Gasteiger partial charge is 0.366 e. The van der Waals surface area contributed by atoms with Gasteiger partial charge in [-0.05, 0) is 18.9 Å². The molecule has 0 radical (unpaired) electrons. The second-order valence-corrected chi connectivity index (χ2v) is 7.39. The Morgan fingerprint density at radius 1 is 1.26 bits per heavy atom. The van der Waals surface area contributed by atoms with Gasteiger partial charge < -0.3 is 15.4 Å². The van der Waals surface area contributed by atoms with E-state index in [2.05, 4.69) is 31.4 Å². The second kappa shape index (κ2) is 10.6. The third-order valence-electron chi connectivity index (χ3n) is 5.63. The van der Waals surface area contributed by atoms with E-state index in [1.54, 1.807) is 0 Å². The molecule has 1 aliphatic carbocycles. The zero-order valence-electron chi connectivity index (χ0n) is 15.7. The van der Waals surface area contributed by atoms with Gasteiger partial charge in [-0.15, -0.1) is 24.8 Å². The van der Waals surface area contributed by atoms with Crippen molar-refractivity contribution in [3.8, 4) is 0 Å². The highest BCUT2D eigenvalue weighted by atomic mass is 35.5. The summed E-state index contributed by atoms with van der Waals surface area (Å²) < 4.78 is 7.59. The fraction of sp³-hybridized carbons (Fsp3) is 0.778. The fourth-order valence-electron chi connectivity index (χ4n) is 4.22. The minimum Gasteiger partial charge on any atom is -0.366 e. The molecule has 1 aromatic heterocycles. The molecule has 9 heteroatoms. The maximum Gasteiger partial charge on any atom is 0.250 e. The molecule has 1 atom stereocenters. The number of carbonyl (C=O) groups is 1. The molecule has 3 heterocycles. The fourth-order valence-corrected chi connectivity index (χ4v) is 4.22. The lowest BCUT2D eigenvalue weighted by molar-refractivity contribution is -0.134. The highest BCUT2D eigenvalue weighted by molar-refractivity contribution is 5.85. The van der Waals surface area contributed by atoms with Crippen molar-refractivity contribution in [3.05, 3.63) is 17.5 Å². The van der Waals surface area contributed by atoms with Gasteiger partial charge in [0, 0.05) is 32.2 Å². The summed E-state index contributed by atoms with van der Waals surface area (Å²) in [5, 5.41) is 10.8. The Bertz CT molecular complexity index is 601. The number of hydrogen-bond acceptors (Lipinski definition) is 5. The van der Waals surface area contributed by atoms with E-state index >= 15 is 0 Å². The number of morpholine rings is 1. The van der Waals surface area contributed by atoms with Crippen molar-refractivity contribution in [1.29, 1.82) is 0 Å². The van der Waals surface area contributed by atoms with Crippen molar-refractivity contribution < 1.29 is 9.53 Å². The van der Waals surface area contributed by atoms with Gasteiger partial charge in [-0.25, -0.2) is 0 Å². The van der Waals surface area contributed by atoms with Crippen molar-refractivity contribution in [2.45, 2.75) is 63.9 Å². The highest BCUT2D eigenvalue weighted by Gasteiger charge is 2.26. The zero-order valence-corrected chi connectivity index (χ0v) is 17.3. The summed E-state index contributed by atoms with van der Waals surface area (Å²) in [5.41, 5.74) is 2.22. The van der Waals surface area contributed by atoms with Gasteiger partial charge in [0.05, 0.1) is 31.1 Å².